The highest BCUT2D eigenvalue weighted by Gasteiger charge is 2.46. The van der Waals surface area contributed by atoms with Crippen LogP contribution in [-0.2, 0) is 0 Å². The lowest BCUT2D eigenvalue weighted by molar-refractivity contribution is -0.173. The van der Waals surface area contributed by atoms with E-state index >= 15 is 0 Å². The summed E-state index contributed by atoms with van der Waals surface area (Å²) in [4.78, 5) is 0. The number of alkyl halides is 3. The molecule has 1 N–H and O–H groups in total. The average molecular weight is 310 g/mol. The number of fused-ring (bicyclic) bond motifs is 1. The Morgan fingerprint density at radius 2 is 1.95 bits per heavy atom. The van der Waals surface area contributed by atoms with Crippen molar-refractivity contribution in [1.29, 1.82) is 5.26 Å². The molecule has 0 amide bonds. The van der Waals surface area contributed by atoms with Gasteiger partial charge in [-0.3, -0.25) is 0 Å². The number of nitriles is 1. The van der Waals surface area contributed by atoms with Crippen molar-refractivity contribution in [2.45, 2.75) is 24.7 Å². The minimum absolute atomic E-state index is 0.0328. The SMILES string of the molecule is N#Cc1cnn2c1N[C@H](c1ccc(F)cc1)C[C@H]2C(F)(F)F. The summed E-state index contributed by atoms with van der Waals surface area (Å²) in [5, 5.41) is 15.5. The third kappa shape index (κ3) is 2.39. The smallest absolute Gasteiger partial charge is 0.362 e. The summed E-state index contributed by atoms with van der Waals surface area (Å²) < 4.78 is 53.5. The number of halogens is 4. The second-order valence-electron chi connectivity index (χ2n) is 5.00. The highest BCUT2D eigenvalue weighted by molar-refractivity contribution is 5.54. The van der Waals surface area contributed by atoms with Gasteiger partial charge in [-0.1, -0.05) is 12.1 Å². The van der Waals surface area contributed by atoms with Crippen molar-refractivity contribution in [3.8, 4) is 6.07 Å². The summed E-state index contributed by atoms with van der Waals surface area (Å²) >= 11 is 0. The van der Waals surface area contributed by atoms with E-state index < -0.39 is 24.1 Å². The zero-order valence-corrected chi connectivity index (χ0v) is 11.1. The van der Waals surface area contributed by atoms with Crippen molar-refractivity contribution in [3.63, 3.8) is 0 Å². The molecule has 4 nitrogen and oxygen atoms in total. The Bertz CT molecular complexity index is 727. The van der Waals surface area contributed by atoms with Crippen molar-refractivity contribution in [1.82, 2.24) is 9.78 Å². The number of nitrogens with one attached hydrogen (secondary N) is 1. The van der Waals surface area contributed by atoms with E-state index in [1.54, 1.807) is 0 Å². The maximum atomic E-state index is 13.3. The predicted molar refractivity (Wildman–Crippen MR) is 69.4 cm³/mol. The molecule has 0 radical (unpaired) electrons. The summed E-state index contributed by atoms with van der Waals surface area (Å²) in [6.07, 6.45) is -3.67. The minimum Gasteiger partial charge on any atom is -0.362 e. The van der Waals surface area contributed by atoms with E-state index in [4.69, 9.17) is 5.26 Å². The lowest BCUT2D eigenvalue weighted by Gasteiger charge is -2.33. The first kappa shape index (κ1) is 14.4. The molecule has 1 aromatic carbocycles. The van der Waals surface area contributed by atoms with Gasteiger partial charge in [-0.05, 0) is 17.7 Å². The second kappa shape index (κ2) is 5.02. The molecule has 0 aliphatic carbocycles. The number of hydrogen-bond acceptors (Lipinski definition) is 3. The van der Waals surface area contributed by atoms with E-state index in [1.807, 2.05) is 6.07 Å². The molecule has 2 heterocycles. The van der Waals surface area contributed by atoms with Gasteiger partial charge in [-0.25, -0.2) is 9.07 Å². The molecule has 1 aromatic heterocycles. The number of aromatic nitrogens is 2. The van der Waals surface area contributed by atoms with E-state index in [2.05, 4.69) is 10.4 Å². The van der Waals surface area contributed by atoms with Crippen LogP contribution in [0.15, 0.2) is 30.5 Å². The van der Waals surface area contributed by atoms with Gasteiger partial charge in [0.25, 0.3) is 0 Å². The fourth-order valence-corrected chi connectivity index (χ4v) is 2.56. The van der Waals surface area contributed by atoms with Gasteiger partial charge in [-0.2, -0.15) is 23.5 Å². The fourth-order valence-electron chi connectivity index (χ4n) is 2.56. The molecule has 2 atom stereocenters. The standard InChI is InChI=1S/C14H10F4N4/c15-10-3-1-8(2-4-10)11-5-12(14(16,17)18)22-13(21-11)9(6-19)7-20-22/h1-4,7,11-12,21H,5H2/t11-,12-/m0/s1. The Morgan fingerprint density at radius 3 is 2.55 bits per heavy atom. The normalized spacial score (nSPS) is 20.9. The van der Waals surface area contributed by atoms with E-state index in [0.29, 0.717) is 5.56 Å². The van der Waals surface area contributed by atoms with E-state index in [1.165, 1.54) is 24.3 Å². The van der Waals surface area contributed by atoms with Crippen molar-refractivity contribution in [2.24, 2.45) is 0 Å². The second-order valence-corrected chi connectivity index (χ2v) is 5.00. The van der Waals surface area contributed by atoms with Crippen LogP contribution < -0.4 is 5.32 Å². The number of hydrogen-bond donors (Lipinski definition) is 1. The monoisotopic (exact) mass is 310 g/mol. The first-order chi connectivity index (χ1) is 10.4. The van der Waals surface area contributed by atoms with E-state index in [-0.39, 0.29) is 17.8 Å². The van der Waals surface area contributed by atoms with Crippen LogP contribution in [0.5, 0.6) is 0 Å². The van der Waals surface area contributed by atoms with Gasteiger partial charge in [-0.15, -0.1) is 0 Å². The van der Waals surface area contributed by atoms with Gasteiger partial charge in [0, 0.05) is 6.42 Å². The Balaban J connectivity index is 2.03. The van der Waals surface area contributed by atoms with Gasteiger partial charge < -0.3 is 5.32 Å². The Morgan fingerprint density at radius 1 is 1.27 bits per heavy atom. The summed E-state index contributed by atoms with van der Waals surface area (Å²) in [5.41, 5.74) is 0.563. The van der Waals surface area contributed by atoms with Gasteiger partial charge in [0.2, 0.25) is 0 Å². The minimum atomic E-state index is -4.49. The molecule has 0 saturated heterocycles. The molecule has 22 heavy (non-hydrogen) atoms. The van der Waals surface area contributed by atoms with Crippen molar-refractivity contribution in [3.05, 3.63) is 47.4 Å². The number of rotatable bonds is 1. The molecule has 0 saturated carbocycles. The first-order valence-corrected chi connectivity index (χ1v) is 6.46. The van der Waals surface area contributed by atoms with Crippen molar-refractivity contribution in [2.75, 3.05) is 5.32 Å². The largest absolute Gasteiger partial charge is 0.410 e. The maximum Gasteiger partial charge on any atom is 0.410 e. The Labute approximate surface area is 123 Å². The highest BCUT2D eigenvalue weighted by Crippen LogP contribution is 2.44. The quantitative estimate of drug-likeness (QED) is 0.820. The molecule has 3 rings (SSSR count). The predicted octanol–water partition coefficient (Wildman–Crippen LogP) is 3.55. The van der Waals surface area contributed by atoms with Crippen LogP contribution in [0.25, 0.3) is 0 Å². The topological polar surface area (TPSA) is 53.6 Å². The molecule has 0 fully saturated rings. The number of anilines is 1. The van der Waals surface area contributed by atoms with Crippen LogP contribution in [0, 0.1) is 17.1 Å². The van der Waals surface area contributed by atoms with Gasteiger partial charge >= 0.3 is 6.18 Å². The van der Waals surface area contributed by atoms with Crippen molar-refractivity contribution >= 4 is 5.82 Å². The maximum absolute atomic E-state index is 13.3. The molecule has 0 bridgehead atoms. The number of nitrogens with zero attached hydrogens (tertiary/aromatic N) is 3. The third-order valence-electron chi connectivity index (χ3n) is 3.63. The van der Waals surface area contributed by atoms with Gasteiger partial charge in [0.05, 0.1) is 12.2 Å². The summed E-state index contributed by atoms with van der Waals surface area (Å²) in [7, 11) is 0. The highest BCUT2D eigenvalue weighted by atomic mass is 19.4. The van der Waals surface area contributed by atoms with Crippen LogP contribution in [0.1, 0.15) is 29.6 Å². The van der Waals surface area contributed by atoms with Crippen LogP contribution >= 0.6 is 0 Å². The van der Waals surface area contributed by atoms with Crippen LogP contribution in [0.3, 0.4) is 0 Å². The van der Waals surface area contributed by atoms with Gasteiger partial charge in [0.15, 0.2) is 6.04 Å². The molecule has 1 aliphatic heterocycles. The van der Waals surface area contributed by atoms with Crippen molar-refractivity contribution < 1.29 is 17.6 Å². The van der Waals surface area contributed by atoms with Crippen LogP contribution in [0.2, 0.25) is 0 Å². The molecule has 0 spiro atoms. The Kier molecular flexibility index (Phi) is 3.28. The number of benzene rings is 1. The molecule has 8 heteroatoms. The van der Waals surface area contributed by atoms with E-state index in [0.717, 1.165) is 10.9 Å². The zero-order chi connectivity index (χ0) is 15.9. The Hall–Kier alpha value is -2.56. The average Bonchev–Trinajstić information content (AvgIpc) is 2.88. The zero-order valence-electron chi connectivity index (χ0n) is 11.1. The third-order valence-corrected chi connectivity index (χ3v) is 3.63. The lowest BCUT2D eigenvalue weighted by Crippen LogP contribution is -2.35. The van der Waals surface area contributed by atoms with Crippen LogP contribution in [0.4, 0.5) is 23.4 Å². The summed E-state index contributed by atoms with van der Waals surface area (Å²) in [5.74, 6) is -0.430. The molecule has 114 valence electrons. The van der Waals surface area contributed by atoms with Crippen LogP contribution in [-0.4, -0.2) is 16.0 Å². The summed E-state index contributed by atoms with van der Waals surface area (Å²) in [6, 6.07) is 4.55. The lowest BCUT2D eigenvalue weighted by atomic mass is 9.96. The molecular weight excluding hydrogens is 300 g/mol. The first-order valence-electron chi connectivity index (χ1n) is 6.46. The van der Waals surface area contributed by atoms with Gasteiger partial charge in [0.1, 0.15) is 23.3 Å². The molecular formula is C14H10F4N4. The molecule has 2 aromatic rings. The fraction of sp³-hybridized carbons (Fsp3) is 0.286. The molecule has 1 aliphatic rings. The van der Waals surface area contributed by atoms with E-state index in [9.17, 15) is 17.6 Å². The summed E-state index contributed by atoms with van der Waals surface area (Å²) in [6.45, 7) is 0. The molecule has 0 unspecified atom stereocenters.